The van der Waals surface area contributed by atoms with Crippen LogP contribution in [0.2, 0.25) is 0 Å². The molecule has 1 spiro atoms. The highest BCUT2D eigenvalue weighted by atomic mass is 16.6. The number of pyridine rings is 1. The van der Waals surface area contributed by atoms with Crippen LogP contribution in [0.3, 0.4) is 0 Å². The number of aromatic hydroxyl groups is 1. The fourth-order valence-corrected chi connectivity index (χ4v) is 7.04. The van der Waals surface area contributed by atoms with Crippen LogP contribution >= 0.6 is 0 Å². The molecule has 1 aliphatic heterocycles. The summed E-state index contributed by atoms with van der Waals surface area (Å²) in [7, 11) is 1.64. The normalized spacial score (nSPS) is 37.4. The van der Waals surface area contributed by atoms with E-state index in [1.165, 1.54) is 36.8 Å². The molecule has 0 radical (unpaired) electrons. The van der Waals surface area contributed by atoms with Crippen molar-refractivity contribution in [1.29, 1.82) is 0 Å². The second-order valence-electron chi connectivity index (χ2n) is 9.20. The zero-order valence-electron chi connectivity index (χ0n) is 16.4. The summed E-state index contributed by atoms with van der Waals surface area (Å²) < 4.78 is 12.0. The van der Waals surface area contributed by atoms with E-state index in [2.05, 4.69) is 23.2 Å². The minimum Gasteiger partial charge on any atom is -0.504 e. The predicted molar refractivity (Wildman–Crippen MR) is 106 cm³/mol. The number of aromatic nitrogens is 1. The molecule has 4 aliphatic rings. The highest BCUT2D eigenvalue weighted by Gasteiger charge is 2.78. The van der Waals surface area contributed by atoms with Crippen LogP contribution in [0.4, 0.5) is 0 Å². The molecule has 1 saturated heterocycles. The van der Waals surface area contributed by atoms with Crippen LogP contribution in [0.1, 0.15) is 54.8 Å². The molecule has 2 heterocycles. The maximum atomic E-state index is 10.2. The molecule has 2 aromatic rings. The maximum absolute atomic E-state index is 10.2. The van der Waals surface area contributed by atoms with Gasteiger partial charge in [0, 0.05) is 18.3 Å². The molecule has 1 aromatic carbocycles. The van der Waals surface area contributed by atoms with Gasteiger partial charge in [0.05, 0.1) is 7.11 Å². The van der Waals surface area contributed by atoms with Gasteiger partial charge in [-0.3, -0.25) is 4.98 Å². The number of epoxide rings is 1. The molecule has 3 fully saturated rings. The van der Waals surface area contributed by atoms with E-state index in [0.717, 1.165) is 25.0 Å². The van der Waals surface area contributed by atoms with Crippen molar-refractivity contribution in [3.63, 3.8) is 0 Å². The van der Waals surface area contributed by atoms with Gasteiger partial charge in [0.15, 0.2) is 11.5 Å². The van der Waals surface area contributed by atoms with E-state index >= 15 is 0 Å². The fourth-order valence-electron chi connectivity index (χ4n) is 7.04. The molecule has 28 heavy (non-hydrogen) atoms. The summed E-state index contributed by atoms with van der Waals surface area (Å²) in [6.07, 6.45) is 9.88. The van der Waals surface area contributed by atoms with Crippen LogP contribution in [0.5, 0.6) is 11.5 Å². The number of nitrogens with zero attached hydrogens (tertiary/aromatic N) is 1. The van der Waals surface area contributed by atoms with Crippen molar-refractivity contribution in [3.8, 4) is 11.5 Å². The monoisotopic (exact) mass is 377 g/mol. The molecular weight excluding hydrogens is 350 g/mol. The van der Waals surface area contributed by atoms with E-state index in [4.69, 9.17) is 9.47 Å². The van der Waals surface area contributed by atoms with Gasteiger partial charge >= 0.3 is 0 Å². The lowest BCUT2D eigenvalue weighted by atomic mass is 9.59. The first-order valence-electron chi connectivity index (χ1n) is 10.7. The van der Waals surface area contributed by atoms with Crippen molar-refractivity contribution in [2.75, 3.05) is 7.11 Å². The summed E-state index contributed by atoms with van der Waals surface area (Å²) in [6.45, 7) is 0. The third kappa shape index (κ3) is 2.13. The molecule has 4 heteroatoms. The number of hydrogen-bond acceptors (Lipinski definition) is 4. The molecule has 0 bridgehead atoms. The van der Waals surface area contributed by atoms with E-state index in [0.29, 0.717) is 23.5 Å². The number of benzene rings is 1. The Morgan fingerprint density at radius 2 is 2.14 bits per heavy atom. The number of aryl methyl sites for hydroxylation is 1. The lowest BCUT2D eigenvalue weighted by Crippen LogP contribution is -2.41. The van der Waals surface area contributed by atoms with Crippen LogP contribution in [0, 0.1) is 11.8 Å². The maximum Gasteiger partial charge on any atom is 0.160 e. The summed E-state index contributed by atoms with van der Waals surface area (Å²) in [5, 5.41) is 10.2. The van der Waals surface area contributed by atoms with Gasteiger partial charge in [0.25, 0.3) is 0 Å². The highest BCUT2D eigenvalue weighted by Crippen LogP contribution is 2.72. The zero-order chi connectivity index (χ0) is 18.9. The molecule has 4 nitrogen and oxygen atoms in total. The third-order valence-electron chi connectivity index (χ3n) is 8.21. The lowest BCUT2D eigenvalue weighted by molar-refractivity contribution is 0.0624. The molecule has 146 valence electrons. The molecule has 3 aliphatic carbocycles. The number of ether oxygens (including phenoxy) is 2. The summed E-state index contributed by atoms with van der Waals surface area (Å²) in [6, 6.07) is 10.2. The summed E-state index contributed by atoms with van der Waals surface area (Å²) in [5.74, 6) is 2.79. The van der Waals surface area contributed by atoms with Crippen molar-refractivity contribution >= 4 is 0 Å². The largest absolute Gasteiger partial charge is 0.504 e. The van der Waals surface area contributed by atoms with Crippen molar-refractivity contribution in [2.24, 2.45) is 11.8 Å². The van der Waals surface area contributed by atoms with Crippen molar-refractivity contribution in [3.05, 3.63) is 53.3 Å². The number of fused-ring (bicyclic) bond motifs is 4. The molecule has 1 aromatic heterocycles. The van der Waals surface area contributed by atoms with Crippen LogP contribution in [-0.4, -0.2) is 28.4 Å². The van der Waals surface area contributed by atoms with Gasteiger partial charge in [-0.1, -0.05) is 6.07 Å². The number of phenolic OH excluding ortho intramolecular Hbond substituents is 1. The van der Waals surface area contributed by atoms with Crippen LogP contribution in [0.25, 0.3) is 0 Å². The molecule has 2 saturated carbocycles. The molecule has 1 N–H and O–H groups in total. The van der Waals surface area contributed by atoms with Crippen LogP contribution < -0.4 is 4.74 Å². The number of hydrogen-bond donors (Lipinski definition) is 1. The van der Waals surface area contributed by atoms with Crippen molar-refractivity contribution < 1.29 is 14.6 Å². The summed E-state index contributed by atoms with van der Waals surface area (Å²) >= 11 is 0. The van der Waals surface area contributed by atoms with E-state index in [1.807, 2.05) is 18.3 Å². The Labute approximate surface area is 165 Å². The van der Waals surface area contributed by atoms with E-state index in [1.54, 1.807) is 7.11 Å². The van der Waals surface area contributed by atoms with Gasteiger partial charge in [0.1, 0.15) is 11.2 Å². The molecule has 0 amide bonds. The van der Waals surface area contributed by atoms with Gasteiger partial charge in [-0.05, 0) is 91.7 Å². The van der Waals surface area contributed by atoms with Crippen LogP contribution in [0.15, 0.2) is 36.5 Å². The first kappa shape index (κ1) is 16.8. The average molecular weight is 377 g/mol. The van der Waals surface area contributed by atoms with E-state index in [-0.39, 0.29) is 17.0 Å². The van der Waals surface area contributed by atoms with Gasteiger partial charge < -0.3 is 14.6 Å². The Morgan fingerprint density at radius 1 is 1.21 bits per heavy atom. The average Bonchev–Trinajstić information content (AvgIpc) is 3.22. The van der Waals surface area contributed by atoms with Crippen LogP contribution in [-0.2, 0) is 17.6 Å². The zero-order valence-corrected chi connectivity index (χ0v) is 16.4. The van der Waals surface area contributed by atoms with Gasteiger partial charge in [0.2, 0.25) is 0 Å². The molecule has 6 rings (SSSR count). The Hall–Kier alpha value is -2.07. The Balaban J connectivity index is 1.30. The van der Waals surface area contributed by atoms with E-state index < -0.39 is 0 Å². The topological polar surface area (TPSA) is 54.9 Å². The lowest BCUT2D eigenvalue weighted by Gasteiger charge is -2.44. The molecule has 3 unspecified atom stereocenters. The quantitative estimate of drug-likeness (QED) is 0.806. The first-order valence-corrected chi connectivity index (χ1v) is 10.7. The number of phenols is 1. The smallest absolute Gasteiger partial charge is 0.160 e. The Bertz CT molecular complexity index is 929. The van der Waals surface area contributed by atoms with Crippen molar-refractivity contribution in [2.45, 2.75) is 62.1 Å². The second-order valence-corrected chi connectivity index (χ2v) is 9.20. The minimum absolute atomic E-state index is 0.0317. The third-order valence-corrected chi connectivity index (χ3v) is 8.21. The predicted octanol–water partition coefficient (Wildman–Crippen LogP) is 4.40. The second kappa shape index (κ2) is 5.73. The summed E-state index contributed by atoms with van der Waals surface area (Å²) in [4.78, 5) is 4.57. The van der Waals surface area contributed by atoms with Crippen molar-refractivity contribution in [1.82, 2.24) is 4.98 Å². The first-order chi connectivity index (χ1) is 13.7. The summed E-state index contributed by atoms with van der Waals surface area (Å²) in [5.41, 5.74) is 4.00. The van der Waals surface area contributed by atoms with Gasteiger partial charge in [-0.25, -0.2) is 0 Å². The fraction of sp³-hybridized carbons (Fsp3) is 0.542. The standard InChI is InChI=1S/C24H27NO3/c1-27-22-13-19-15(12-21(22)26)5-6-18-17(19)7-10-24-20(18)8-9-23(24,28-24)14-16-4-2-3-11-25-16/h2-4,11-13,17-18,20,26H,5-10,14H2,1H3/t17?,18?,20?,23-,24-/m1/s1. The minimum atomic E-state index is 0.0317. The highest BCUT2D eigenvalue weighted by molar-refractivity contribution is 5.49. The number of rotatable bonds is 3. The van der Waals surface area contributed by atoms with E-state index in [9.17, 15) is 5.11 Å². The number of methoxy groups -OCH3 is 1. The van der Waals surface area contributed by atoms with Gasteiger partial charge in [-0.2, -0.15) is 0 Å². The van der Waals surface area contributed by atoms with Gasteiger partial charge in [-0.15, -0.1) is 0 Å². The Kier molecular flexibility index (Phi) is 3.45. The SMILES string of the molecule is COc1cc2c(cc1O)CCC1C2CC[C@]23O[C@@]2(Cc2ccccn2)CCC13. The molecule has 5 atom stereocenters. The molecular formula is C24H27NO3. The Morgan fingerprint density at radius 3 is 2.96 bits per heavy atom.